The fraction of sp³-hybridized carbons (Fsp3) is 0.667. The Morgan fingerprint density at radius 1 is 0.952 bits per heavy atom. The van der Waals surface area contributed by atoms with Gasteiger partial charge in [-0.15, -0.1) is 0 Å². The Kier molecular flexibility index (Phi) is 6.80. The Balaban J connectivity index is 5.78. The topological polar surface area (TPSA) is 135 Å². The second-order valence-electron chi connectivity index (χ2n) is 4.69. The molecule has 21 heavy (non-hydrogen) atoms. The smallest absolute Gasteiger partial charge is 0.347 e. The molecule has 120 valence electrons. The van der Waals surface area contributed by atoms with Gasteiger partial charge in [0.15, 0.2) is 0 Å². The molecule has 3 N–H and O–H groups in total. The van der Waals surface area contributed by atoms with Crippen LogP contribution in [0.15, 0.2) is 0 Å². The zero-order valence-corrected chi connectivity index (χ0v) is 12.2. The van der Waals surface area contributed by atoms with Crippen LogP contribution < -0.4 is 0 Å². The lowest BCUT2D eigenvalue weighted by Gasteiger charge is -2.33. The molecule has 0 fully saturated rings. The van der Waals surface area contributed by atoms with Crippen molar-refractivity contribution in [1.82, 2.24) is 9.80 Å². The summed E-state index contributed by atoms with van der Waals surface area (Å²) in [5.74, 6) is -6.69. The van der Waals surface area contributed by atoms with Crippen molar-refractivity contribution in [2.75, 3.05) is 27.2 Å². The Morgan fingerprint density at radius 3 is 1.67 bits per heavy atom. The first-order valence-corrected chi connectivity index (χ1v) is 6.27. The minimum atomic E-state index is -3.18. The van der Waals surface area contributed by atoms with E-state index in [1.54, 1.807) is 6.92 Å². The van der Waals surface area contributed by atoms with Gasteiger partial charge in [0.25, 0.3) is 0 Å². The number of nitrogens with zero attached hydrogens (tertiary/aromatic N) is 2. The van der Waals surface area contributed by atoms with E-state index in [0.717, 1.165) is 4.90 Å². The number of carbonyl (C=O) groups is 4. The van der Waals surface area contributed by atoms with Crippen molar-refractivity contribution < 1.29 is 34.5 Å². The highest BCUT2D eigenvalue weighted by molar-refractivity contribution is 6.21. The van der Waals surface area contributed by atoms with Crippen molar-refractivity contribution in [3.8, 4) is 0 Å². The van der Waals surface area contributed by atoms with Gasteiger partial charge in [-0.05, 0) is 6.42 Å². The third-order valence-electron chi connectivity index (χ3n) is 3.01. The first-order chi connectivity index (χ1) is 9.62. The first kappa shape index (κ1) is 18.8. The normalized spacial score (nSPS) is 11.2. The van der Waals surface area contributed by atoms with Crippen molar-refractivity contribution in [3.05, 3.63) is 0 Å². The highest BCUT2D eigenvalue weighted by Gasteiger charge is 2.59. The van der Waals surface area contributed by atoms with E-state index in [4.69, 9.17) is 15.3 Å². The number of hydrogen-bond donors (Lipinski definition) is 3. The Morgan fingerprint density at radius 2 is 1.38 bits per heavy atom. The molecule has 0 atom stereocenters. The summed E-state index contributed by atoms with van der Waals surface area (Å²) < 4.78 is 0. The van der Waals surface area contributed by atoms with Crippen LogP contribution in [0.5, 0.6) is 0 Å². The maximum absolute atomic E-state index is 11.7. The molecule has 0 unspecified atom stereocenters. The van der Waals surface area contributed by atoms with Crippen LogP contribution in [0.2, 0.25) is 0 Å². The molecule has 1 amide bonds. The summed E-state index contributed by atoms with van der Waals surface area (Å²) >= 11 is 0. The lowest BCUT2D eigenvalue weighted by molar-refractivity contribution is -0.179. The van der Waals surface area contributed by atoms with Gasteiger partial charge in [-0.25, -0.2) is 14.4 Å². The molecule has 0 saturated carbocycles. The average Bonchev–Trinajstić information content (AvgIpc) is 2.34. The SMILES string of the molecule is CCCCN(CC(=O)N(C)C)C(C(=O)O)(C(=O)O)C(=O)O. The predicted molar refractivity (Wildman–Crippen MR) is 70.8 cm³/mol. The largest absolute Gasteiger partial charge is 0.479 e. The summed E-state index contributed by atoms with van der Waals surface area (Å²) in [4.78, 5) is 47.5. The maximum Gasteiger partial charge on any atom is 0.347 e. The summed E-state index contributed by atoms with van der Waals surface area (Å²) in [5, 5.41) is 27.5. The van der Waals surface area contributed by atoms with E-state index in [0.29, 0.717) is 17.7 Å². The molecule has 0 rings (SSSR count). The zero-order valence-electron chi connectivity index (χ0n) is 12.2. The van der Waals surface area contributed by atoms with Crippen molar-refractivity contribution in [3.63, 3.8) is 0 Å². The Bertz CT molecular complexity index is 397. The molecule has 0 bridgehead atoms. The Labute approximate surface area is 121 Å². The van der Waals surface area contributed by atoms with E-state index in [1.165, 1.54) is 14.1 Å². The highest BCUT2D eigenvalue weighted by Crippen LogP contribution is 2.19. The minimum absolute atomic E-state index is 0.138. The van der Waals surface area contributed by atoms with Crippen molar-refractivity contribution >= 4 is 23.8 Å². The third kappa shape index (κ3) is 3.91. The molecular weight excluding hydrogens is 284 g/mol. The summed E-state index contributed by atoms with van der Waals surface area (Å²) in [6.45, 7) is 1.02. The quantitative estimate of drug-likeness (QED) is 0.470. The molecular formula is C12H20N2O7. The van der Waals surface area contributed by atoms with Crippen molar-refractivity contribution in [2.45, 2.75) is 25.3 Å². The second-order valence-corrected chi connectivity index (χ2v) is 4.69. The number of carboxylic acids is 3. The van der Waals surface area contributed by atoms with Crippen LogP contribution in [0.4, 0.5) is 0 Å². The minimum Gasteiger partial charge on any atom is -0.479 e. The van der Waals surface area contributed by atoms with Gasteiger partial charge in [-0.3, -0.25) is 9.69 Å². The molecule has 0 aliphatic heterocycles. The number of rotatable bonds is 9. The fourth-order valence-electron chi connectivity index (χ4n) is 1.70. The van der Waals surface area contributed by atoms with E-state index >= 15 is 0 Å². The molecule has 0 aliphatic rings. The summed E-state index contributed by atoms with van der Waals surface area (Å²) in [6, 6.07) is 0. The van der Waals surface area contributed by atoms with Gasteiger partial charge in [0.1, 0.15) is 0 Å². The van der Waals surface area contributed by atoms with Crippen LogP contribution in [0, 0.1) is 0 Å². The van der Waals surface area contributed by atoms with Gasteiger partial charge >= 0.3 is 23.4 Å². The van der Waals surface area contributed by atoms with Crippen LogP contribution in [-0.2, 0) is 19.2 Å². The molecule has 0 saturated heterocycles. The molecule has 9 heteroatoms. The van der Waals surface area contributed by atoms with Gasteiger partial charge in [-0.2, -0.15) is 0 Å². The number of unbranched alkanes of at least 4 members (excludes halogenated alkanes) is 1. The lowest BCUT2D eigenvalue weighted by Crippen LogP contribution is -2.66. The zero-order chi connectivity index (χ0) is 16.8. The fourth-order valence-corrected chi connectivity index (χ4v) is 1.70. The molecule has 0 aromatic rings. The molecule has 0 aliphatic carbocycles. The van der Waals surface area contributed by atoms with E-state index in [2.05, 4.69) is 0 Å². The number of likely N-dealkylation sites (N-methyl/N-ethyl adjacent to an activating group) is 1. The third-order valence-corrected chi connectivity index (χ3v) is 3.01. The van der Waals surface area contributed by atoms with Crippen LogP contribution in [-0.4, -0.2) is 81.7 Å². The van der Waals surface area contributed by atoms with Crippen LogP contribution in [0.3, 0.4) is 0 Å². The average molecular weight is 304 g/mol. The van der Waals surface area contributed by atoms with E-state index in [1.807, 2.05) is 0 Å². The number of hydrogen-bond acceptors (Lipinski definition) is 5. The van der Waals surface area contributed by atoms with Gasteiger partial charge in [0.05, 0.1) is 6.54 Å². The van der Waals surface area contributed by atoms with Gasteiger partial charge in [0.2, 0.25) is 5.91 Å². The second kappa shape index (κ2) is 7.58. The molecule has 9 nitrogen and oxygen atoms in total. The molecule has 0 radical (unpaired) electrons. The standard InChI is InChI=1S/C12H20N2O7/c1-4-5-6-14(7-8(15)13(2)3)12(9(16)17,10(18)19)11(20)21/h4-7H2,1-3H3,(H,16,17)(H,18,19)(H,20,21). The number of carboxylic acid groups (broad SMARTS) is 3. The van der Waals surface area contributed by atoms with Gasteiger partial charge in [0, 0.05) is 20.6 Å². The summed E-state index contributed by atoms with van der Waals surface area (Å²) in [5.41, 5.74) is -3.18. The van der Waals surface area contributed by atoms with Gasteiger partial charge in [-0.1, -0.05) is 13.3 Å². The first-order valence-electron chi connectivity index (χ1n) is 6.27. The van der Waals surface area contributed by atoms with Gasteiger partial charge < -0.3 is 20.2 Å². The van der Waals surface area contributed by atoms with Crippen LogP contribution in [0.1, 0.15) is 19.8 Å². The van der Waals surface area contributed by atoms with E-state index in [9.17, 15) is 19.2 Å². The van der Waals surface area contributed by atoms with Crippen molar-refractivity contribution in [2.24, 2.45) is 0 Å². The van der Waals surface area contributed by atoms with Crippen molar-refractivity contribution in [1.29, 1.82) is 0 Å². The predicted octanol–water partition coefficient (Wildman–Crippen LogP) is -0.831. The number of aliphatic carboxylic acids is 3. The van der Waals surface area contributed by atoms with E-state index < -0.39 is 35.9 Å². The summed E-state index contributed by atoms with van der Waals surface area (Å²) in [7, 11) is 2.81. The monoisotopic (exact) mass is 304 g/mol. The lowest BCUT2D eigenvalue weighted by atomic mass is 9.96. The molecule has 0 spiro atoms. The number of amides is 1. The number of carbonyl (C=O) groups excluding carboxylic acids is 1. The Hall–Kier alpha value is -2.16. The van der Waals surface area contributed by atoms with Crippen LogP contribution >= 0.6 is 0 Å². The molecule has 0 heterocycles. The summed E-state index contributed by atoms with van der Waals surface area (Å²) in [6.07, 6.45) is 0.942. The maximum atomic E-state index is 11.7. The molecule has 0 aromatic heterocycles. The highest BCUT2D eigenvalue weighted by atomic mass is 16.4. The molecule has 0 aromatic carbocycles. The van der Waals surface area contributed by atoms with Crippen LogP contribution in [0.25, 0.3) is 0 Å². The van der Waals surface area contributed by atoms with E-state index in [-0.39, 0.29) is 6.54 Å².